The number of carbonyl (C=O) groups excluding carboxylic acids is 2. The number of pyridine rings is 2. The number of benzene rings is 2. The van der Waals surface area contributed by atoms with Crippen molar-refractivity contribution in [3.63, 3.8) is 0 Å². The van der Waals surface area contributed by atoms with E-state index in [1.165, 1.54) is 18.6 Å². The maximum atomic E-state index is 13.1. The number of rotatable bonds is 6. The number of halogens is 1. The molecule has 4 aromatic rings. The van der Waals surface area contributed by atoms with Gasteiger partial charge in [-0.1, -0.05) is 15.9 Å². The third-order valence-electron chi connectivity index (χ3n) is 4.92. The zero-order valence-electron chi connectivity index (χ0n) is 17.0. The highest BCUT2D eigenvalue weighted by Gasteiger charge is 2.18. The third-order valence-corrected chi connectivity index (χ3v) is 5.41. The average Bonchev–Trinajstić information content (AvgIpc) is 2.81. The summed E-state index contributed by atoms with van der Waals surface area (Å²) in [5.74, 6) is -0.0480. The summed E-state index contributed by atoms with van der Waals surface area (Å²) in [4.78, 5) is 42.8. The number of hydrogen-bond donors (Lipinski definition) is 1. The maximum absolute atomic E-state index is 13.1. The van der Waals surface area contributed by atoms with Crippen molar-refractivity contribution in [3.05, 3.63) is 99.0 Å². The summed E-state index contributed by atoms with van der Waals surface area (Å²) in [7, 11) is 1.57. The average molecular weight is 492 g/mol. The van der Waals surface area contributed by atoms with Crippen molar-refractivity contribution in [1.82, 2.24) is 9.55 Å². The number of ether oxygens (including phenoxy) is 1. The van der Waals surface area contributed by atoms with Gasteiger partial charge in [0.05, 0.1) is 18.2 Å². The first-order valence-corrected chi connectivity index (χ1v) is 10.5. The van der Waals surface area contributed by atoms with Crippen molar-refractivity contribution < 1.29 is 14.3 Å². The number of amides is 1. The van der Waals surface area contributed by atoms with Crippen LogP contribution in [-0.2, 0) is 11.3 Å². The van der Waals surface area contributed by atoms with Gasteiger partial charge < -0.3 is 14.6 Å². The van der Waals surface area contributed by atoms with E-state index >= 15 is 0 Å². The zero-order chi connectivity index (χ0) is 22.7. The second-order valence-corrected chi connectivity index (χ2v) is 7.92. The molecule has 0 unspecified atom stereocenters. The molecule has 0 bridgehead atoms. The van der Waals surface area contributed by atoms with Gasteiger partial charge in [-0.2, -0.15) is 0 Å². The molecule has 0 aliphatic rings. The van der Waals surface area contributed by atoms with Crippen molar-refractivity contribution in [3.8, 4) is 5.75 Å². The molecular formula is C24H18BrN3O4. The SMILES string of the molecule is COc1ccc(NC(=O)Cn2cc(C(=O)c3ccncc3)c(=O)c3cc(Br)ccc32)cc1. The lowest BCUT2D eigenvalue weighted by Crippen LogP contribution is -2.24. The molecule has 0 spiro atoms. The van der Waals surface area contributed by atoms with Crippen LogP contribution in [0.5, 0.6) is 5.75 Å². The van der Waals surface area contributed by atoms with Crippen molar-refractivity contribution in [1.29, 1.82) is 0 Å². The van der Waals surface area contributed by atoms with Crippen LogP contribution < -0.4 is 15.5 Å². The van der Waals surface area contributed by atoms with E-state index in [0.717, 1.165) is 0 Å². The summed E-state index contributed by atoms with van der Waals surface area (Å²) in [6.07, 6.45) is 4.42. The number of nitrogens with zero attached hydrogens (tertiary/aromatic N) is 2. The number of fused-ring (bicyclic) bond motifs is 1. The number of carbonyl (C=O) groups is 2. The third kappa shape index (κ3) is 4.45. The number of methoxy groups -OCH3 is 1. The Morgan fingerprint density at radius 3 is 2.47 bits per heavy atom. The lowest BCUT2D eigenvalue weighted by atomic mass is 10.0. The van der Waals surface area contributed by atoms with Crippen LogP contribution in [0.4, 0.5) is 5.69 Å². The molecule has 0 radical (unpaired) electrons. The highest BCUT2D eigenvalue weighted by atomic mass is 79.9. The van der Waals surface area contributed by atoms with E-state index in [9.17, 15) is 14.4 Å². The Morgan fingerprint density at radius 2 is 1.78 bits per heavy atom. The molecular weight excluding hydrogens is 474 g/mol. The van der Waals surface area contributed by atoms with Gasteiger partial charge in [0, 0.05) is 39.7 Å². The second kappa shape index (κ2) is 9.15. The maximum Gasteiger partial charge on any atom is 0.244 e. The van der Waals surface area contributed by atoms with E-state index < -0.39 is 11.2 Å². The fraction of sp³-hybridized carbons (Fsp3) is 0.0833. The van der Waals surface area contributed by atoms with Crippen LogP contribution in [0.2, 0.25) is 0 Å². The smallest absolute Gasteiger partial charge is 0.244 e. The number of anilines is 1. The summed E-state index contributed by atoms with van der Waals surface area (Å²) in [6.45, 7) is -0.0823. The normalized spacial score (nSPS) is 10.7. The van der Waals surface area contributed by atoms with Gasteiger partial charge in [0.1, 0.15) is 12.3 Å². The van der Waals surface area contributed by atoms with Crippen LogP contribution in [0.3, 0.4) is 0 Å². The van der Waals surface area contributed by atoms with Crippen LogP contribution in [0.15, 0.2) is 82.5 Å². The Kier molecular flexibility index (Phi) is 6.13. The molecule has 0 saturated heterocycles. The molecule has 4 rings (SSSR count). The lowest BCUT2D eigenvalue weighted by molar-refractivity contribution is -0.116. The number of hydrogen-bond acceptors (Lipinski definition) is 5. The minimum Gasteiger partial charge on any atom is -0.497 e. The monoisotopic (exact) mass is 491 g/mol. The predicted molar refractivity (Wildman–Crippen MR) is 125 cm³/mol. The quantitative estimate of drug-likeness (QED) is 0.411. The topological polar surface area (TPSA) is 90.3 Å². The van der Waals surface area contributed by atoms with Crippen molar-refractivity contribution in [2.45, 2.75) is 6.54 Å². The van der Waals surface area contributed by atoms with Crippen molar-refractivity contribution in [2.24, 2.45) is 0 Å². The molecule has 1 N–H and O–H groups in total. The number of ketones is 1. The first-order chi connectivity index (χ1) is 15.5. The molecule has 160 valence electrons. The van der Waals surface area contributed by atoms with E-state index in [1.54, 1.807) is 66.3 Å². The Morgan fingerprint density at radius 1 is 1.06 bits per heavy atom. The molecule has 2 aromatic heterocycles. The number of aromatic nitrogens is 2. The van der Waals surface area contributed by atoms with Crippen LogP contribution in [-0.4, -0.2) is 28.4 Å². The molecule has 7 nitrogen and oxygen atoms in total. The van der Waals surface area contributed by atoms with Gasteiger partial charge in [0.2, 0.25) is 11.3 Å². The summed E-state index contributed by atoms with van der Waals surface area (Å²) in [5, 5.41) is 3.16. The summed E-state index contributed by atoms with van der Waals surface area (Å²) in [5.41, 5.74) is 1.10. The molecule has 0 aliphatic heterocycles. The zero-order valence-corrected chi connectivity index (χ0v) is 18.6. The first kappa shape index (κ1) is 21.5. The van der Waals surface area contributed by atoms with Crippen LogP contribution >= 0.6 is 15.9 Å². The van der Waals surface area contributed by atoms with Crippen molar-refractivity contribution >= 4 is 44.2 Å². The van der Waals surface area contributed by atoms with Gasteiger partial charge in [-0.05, 0) is 54.6 Å². The van der Waals surface area contributed by atoms with Crippen LogP contribution in [0.25, 0.3) is 10.9 Å². The minimum absolute atomic E-state index is 0.0148. The molecule has 32 heavy (non-hydrogen) atoms. The Labute approximate surface area is 191 Å². The molecule has 0 aliphatic carbocycles. The van der Waals surface area contributed by atoms with Crippen LogP contribution in [0, 0.1) is 0 Å². The van der Waals surface area contributed by atoms with Gasteiger partial charge in [0.25, 0.3) is 0 Å². The Bertz CT molecular complexity index is 1370. The second-order valence-electron chi connectivity index (χ2n) is 7.00. The molecule has 1 amide bonds. The largest absolute Gasteiger partial charge is 0.497 e. The molecule has 8 heteroatoms. The van der Waals surface area contributed by atoms with E-state index in [-0.39, 0.29) is 18.0 Å². The Balaban J connectivity index is 1.72. The molecule has 2 heterocycles. The predicted octanol–water partition coefficient (Wildman–Crippen LogP) is 4.04. The number of nitrogens with one attached hydrogen (secondary N) is 1. The van der Waals surface area contributed by atoms with E-state index in [0.29, 0.717) is 32.4 Å². The fourth-order valence-corrected chi connectivity index (χ4v) is 3.71. The first-order valence-electron chi connectivity index (χ1n) is 9.67. The van der Waals surface area contributed by atoms with Gasteiger partial charge in [-0.25, -0.2) is 0 Å². The van der Waals surface area contributed by atoms with Crippen molar-refractivity contribution in [2.75, 3.05) is 12.4 Å². The van der Waals surface area contributed by atoms with Gasteiger partial charge >= 0.3 is 0 Å². The van der Waals surface area contributed by atoms with E-state index in [1.807, 2.05) is 0 Å². The van der Waals surface area contributed by atoms with Crippen LogP contribution in [0.1, 0.15) is 15.9 Å². The molecule has 0 atom stereocenters. The van der Waals surface area contributed by atoms with Gasteiger partial charge in [0.15, 0.2) is 5.78 Å². The summed E-state index contributed by atoms with van der Waals surface area (Å²) < 4.78 is 7.43. The molecule has 0 fully saturated rings. The Hall–Kier alpha value is -3.78. The van der Waals surface area contributed by atoms with E-state index in [4.69, 9.17) is 4.74 Å². The minimum atomic E-state index is -0.427. The highest BCUT2D eigenvalue weighted by Crippen LogP contribution is 2.20. The molecule has 2 aromatic carbocycles. The lowest BCUT2D eigenvalue weighted by Gasteiger charge is -2.14. The van der Waals surface area contributed by atoms with Gasteiger partial charge in [-0.3, -0.25) is 19.4 Å². The van der Waals surface area contributed by atoms with Gasteiger partial charge in [-0.15, -0.1) is 0 Å². The summed E-state index contributed by atoms with van der Waals surface area (Å²) in [6, 6.07) is 15.2. The molecule has 0 saturated carbocycles. The van der Waals surface area contributed by atoms with E-state index in [2.05, 4.69) is 26.2 Å². The fourth-order valence-electron chi connectivity index (χ4n) is 3.35. The summed E-state index contributed by atoms with van der Waals surface area (Å²) >= 11 is 3.37. The standard InChI is InChI=1S/C24H18BrN3O4/c1-32-18-5-3-17(4-6-18)27-22(29)14-28-13-20(23(30)15-8-10-26-11-9-15)24(31)19-12-16(25)2-7-21(19)28/h2-13H,14H2,1H3,(H,27,29). The highest BCUT2D eigenvalue weighted by molar-refractivity contribution is 9.10.